The number of esters is 1. The Labute approximate surface area is 131 Å². The zero-order valence-electron chi connectivity index (χ0n) is 12.9. The van der Waals surface area contributed by atoms with E-state index < -0.39 is 21.5 Å². The number of nitrogens with two attached hydrogens (primary N) is 1. The van der Waals surface area contributed by atoms with Crippen LogP contribution in [0.3, 0.4) is 0 Å². The van der Waals surface area contributed by atoms with Gasteiger partial charge in [0.15, 0.2) is 0 Å². The second kappa shape index (κ2) is 6.36. The van der Waals surface area contributed by atoms with Crippen molar-refractivity contribution in [2.45, 2.75) is 43.0 Å². The number of carbonyl (C=O) groups is 1. The van der Waals surface area contributed by atoms with Crippen molar-refractivity contribution in [2.75, 3.05) is 13.7 Å². The molecule has 2 rings (SSSR count). The maximum Gasteiger partial charge on any atom is 0.339 e. The zero-order chi connectivity index (χ0) is 16.4. The summed E-state index contributed by atoms with van der Waals surface area (Å²) in [5.74, 6) is -0.669. The number of hydrogen-bond acceptors (Lipinski definition) is 5. The van der Waals surface area contributed by atoms with Gasteiger partial charge in [-0.25, -0.2) is 17.9 Å². The third-order valence-corrected chi connectivity index (χ3v) is 5.77. The first-order valence-electron chi connectivity index (χ1n) is 7.27. The molecule has 1 saturated carbocycles. The van der Waals surface area contributed by atoms with Crippen molar-refractivity contribution >= 4 is 16.0 Å². The molecule has 1 aromatic carbocycles. The van der Waals surface area contributed by atoms with Crippen LogP contribution in [0.5, 0.6) is 0 Å². The Bertz CT molecular complexity index is 664. The van der Waals surface area contributed by atoms with Gasteiger partial charge in [0.2, 0.25) is 10.0 Å². The van der Waals surface area contributed by atoms with E-state index in [2.05, 4.69) is 4.72 Å². The monoisotopic (exact) mass is 326 g/mol. The van der Waals surface area contributed by atoms with Crippen LogP contribution >= 0.6 is 0 Å². The molecule has 0 heterocycles. The molecule has 0 saturated heterocycles. The minimum Gasteiger partial charge on any atom is -0.465 e. The van der Waals surface area contributed by atoms with E-state index >= 15 is 0 Å². The number of aryl methyl sites for hydroxylation is 1. The minimum absolute atomic E-state index is 0.0418. The molecule has 0 aromatic heterocycles. The molecular weight excluding hydrogens is 304 g/mol. The van der Waals surface area contributed by atoms with E-state index in [0.717, 1.165) is 18.4 Å². The number of nitrogens with one attached hydrogen (secondary N) is 1. The van der Waals surface area contributed by atoms with Crippen molar-refractivity contribution in [3.05, 3.63) is 29.3 Å². The largest absolute Gasteiger partial charge is 0.465 e. The molecule has 0 bridgehead atoms. The van der Waals surface area contributed by atoms with E-state index in [-0.39, 0.29) is 17.0 Å². The molecule has 1 aromatic rings. The van der Waals surface area contributed by atoms with Crippen molar-refractivity contribution in [1.82, 2.24) is 4.72 Å². The van der Waals surface area contributed by atoms with Gasteiger partial charge in [-0.2, -0.15) is 0 Å². The molecule has 1 aliphatic rings. The summed E-state index contributed by atoms with van der Waals surface area (Å²) in [7, 11) is -2.62. The number of carbonyl (C=O) groups excluding carboxylic acids is 1. The van der Waals surface area contributed by atoms with Crippen LogP contribution in [0, 0.1) is 6.92 Å². The molecule has 0 amide bonds. The van der Waals surface area contributed by atoms with Gasteiger partial charge in [0.05, 0.1) is 17.6 Å². The summed E-state index contributed by atoms with van der Waals surface area (Å²) >= 11 is 0. The first-order chi connectivity index (χ1) is 10.3. The average Bonchev–Trinajstić information content (AvgIpc) is 2.94. The first-order valence-corrected chi connectivity index (χ1v) is 8.75. The first kappa shape index (κ1) is 16.9. The molecule has 1 aliphatic carbocycles. The highest BCUT2D eigenvalue weighted by atomic mass is 32.2. The normalized spacial score (nSPS) is 17.4. The fourth-order valence-electron chi connectivity index (χ4n) is 2.89. The van der Waals surface area contributed by atoms with Gasteiger partial charge in [0, 0.05) is 12.1 Å². The lowest BCUT2D eigenvalue weighted by atomic mass is 10.0. The van der Waals surface area contributed by atoms with Gasteiger partial charge >= 0.3 is 5.97 Å². The van der Waals surface area contributed by atoms with Crippen LogP contribution in [-0.4, -0.2) is 33.6 Å². The molecule has 0 spiro atoms. The van der Waals surface area contributed by atoms with Gasteiger partial charge < -0.3 is 10.5 Å². The maximum absolute atomic E-state index is 12.7. The Hall–Kier alpha value is -1.44. The van der Waals surface area contributed by atoms with E-state index in [4.69, 9.17) is 10.5 Å². The predicted molar refractivity (Wildman–Crippen MR) is 83.1 cm³/mol. The Kier molecular flexibility index (Phi) is 4.89. The summed E-state index contributed by atoms with van der Waals surface area (Å²) in [4.78, 5) is 11.8. The van der Waals surface area contributed by atoms with Crippen LogP contribution in [-0.2, 0) is 14.8 Å². The van der Waals surface area contributed by atoms with Gasteiger partial charge in [0.25, 0.3) is 0 Å². The van der Waals surface area contributed by atoms with Gasteiger partial charge in [-0.3, -0.25) is 0 Å². The van der Waals surface area contributed by atoms with Crippen molar-refractivity contribution in [3.63, 3.8) is 0 Å². The predicted octanol–water partition coefficient (Wildman–Crippen LogP) is 1.33. The van der Waals surface area contributed by atoms with E-state index in [9.17, 15) is 13.2 Å². The Morgan fingerprint density at radius 2 is 2.00 bits per heavy atom. The Morgan fingerprint density at radius 1 is 1.36 bits per heavy atom. The molecule has 0 aliphatic heterocycles. The molecular formula is C15H22N2O4S. The molecule has 3 N–H and O–H groups in total. The summed E-state index contributed by atoms with van der Waals surface area (Å²) in [6.45, 7) is 2.03. The quantitative estimate of drug-likeness (QED) is 0.795. The Balaban J connectivity index is 2.43. The van der Waals surface area contributed by atoms with Crippen LogP contribution in [0.4, 0.5) is 0 Å². The highest BCUT2D eigenvalue weighted by Gasteiger charge is 2.38. The van der Waals surface area contributed by atoms with Crippen LogP contribution in [0.25, 0.3) is 0 Å². The highest BCUT2D eigenvalue weighted by Crippen LogP contribution is 2.31. The Morgan fingerprint density at radius 3 is 2.55 bits per heavy atom. The van der Waals surface area contributed by atoms with E-state index in [1.165, 1.54) is 19.2 Å². The van der Waals surface area contributed by atoms with Crippen molar-refractivity contribution in [2.24, 2.45) is 5.73 Å². The van der Waals surface area contributed by atoms with Gasteiger partial charge in [0.1, 0.15) is 0 Å². The standard InChI is InChI=1S/C15H22N2O4S/c1-11-5-6-13(12(9-11)14(18)21-2)22(19,20)17-15(10-16)7-3-4-8-15/h5-6,9,17H,3-4,7-8,10,16H2,1-2H3. The number of ether oxygens (including phenoxy) is 1. The molecule has 0 radical (unpaired) electrons. The fraction of sp³-hybridized carbons (Fsp3) is 0.533. The lowest BCUT2D eigenvalue weighted by Crippen LogP contribution is -2.51. The topological polar surface area (TPSA) is 98.5 Å². The van der Waals surface area contributed by atoms with Crippen LogP contribution in [0.1, 0.15) is 41.6 Å². The molecule has 6 nitrogen and oxygen atoms in total. The third-order valence-electron chi connectivity index (χ3n) is 4.13. The van der Waals surface area contributed by atoms with Crippen molar-refractivity contribution < 1.29 is 17.9 Å². The van der Waals surface area contributed by atoms with Crippen LogP contribution in [0.2, 0.25) is 0 Å². The summed E-state index contributed by atoms with van der Waals surface area (Å²) in [6, 6.07) is 4.61. The second-order valence-corrected chi connectivity index (χ2v) is 7.44. The molecule has 0 atom stereocenters. The number of benzene rings is 1. The molecule has 1 fully saturated rings. The number of hydrogen-bond donors (Lipinski definition) is 2. The van der Waals surface area contributed by atoms with Crippen molar-refractivity contribution in [1.29, 1.82) is 0 Å². The molecule has 22 heavy (non-hydrogen) atoms. The summed E-state index contributed by atoms with van der Waals surface area (Å²) < 4.78 is 32.9. The third kappa shape index (κ3) is 3.31. The summed E-state index contributed by atoms with van der Waals surface area (Å²) in [5, 5.41) is 0. The lowest BCUT2D eigenvalue weighted by molar-refractivity contribution is 0.0596. The number of sulfonamides is 1. The fourth-order valence-corrected chi connectivity index (χ4v) is 4.53. The smallest absolute Gasteiger partial charge is 0.339 e. The number of methoxy groups -OCH3 is 1. The van der Waals surface area contributed by atoms with Crippen molar-refractivity contribution in [3.8, 4) is 0 Å². The van der Waals surface area contributed by atoms with E-state index in [1.54, 1.807) is 13.0 Å². The summed E-state index contributed by atoms with van der Waals surface area (Å²) in [5.41, 5.74) is 6.00. The zero-order valence-corrected chi connectivity index (χ0v) is 13.7. The van der Waals surface area contributed by atoms with Crippen LogP contribution < -0.4 is 10.5 Å². The van der Waals surface area contributed by atoms with Gasteiger partial charge in [-0.1, -0.05) is 24.5 Å². The highest BCUT2D eigenvalue weighted by molar-refractivity contribution is 7.89. The van der Waals surface area contributed by atoms with Gasteiger partial charge in [-0.05, 0) is 31.9 Å². The SMILES string of the molecule is COC(=O)c1cc(C)ccc1S(=O)(=O)NC1(CN)CCCC1. The lowest BCUT2D eigenvalue weighted by Gasteiger charge is -2.28. The minimum atomic E-state index is -3.85. The van der Waals surface area contributed by atoms with E-state index in [0.29, 0.717) is 12.8 Å². The summed E-state index contributed by atoms with van der Waals surface area (Å²) in [6.07, 6.45) is 3.30. The molecule has 122 valence electrons. The van der Waals surface area contributed by atoms with Crippen LogP contribution in [0.15, 0.2) is 23.1 Å². The second-order valence-electron chi connectivity index (χ2n) is 5.79. The molecule has 7 heteroatoms. The number of rotatable bonds is 5. The molecule has 0 unspecified atom stereocenters. The average molecular weight is 326 g/mol. The van der Waals surface area contributed by atoms with Gasteiger partial charge in [-0.15, -0.1) is 0 Å². The van der Waals surface area contributed by atoms with E-state index in [1.807, 2.05) is 0 Å². The maximum atomic E-state index is 12.7.